The molecule has 36 heavy (non-hydrogen) atoms. The van der Waals surface area contributed by atoms with Gasteiger partial charge in [-0.3, -0.25) is 9.59 Å². The summed E-state index contributed by atoms with van der Waals surface area (Å²) in [5.74, 6) is -1.34. The zero-order chi connectivity index (χ0) is 25.8. The van der Waals surface area contributed by atoms with Gasteiger partial charge in [0.2, 0.25) is 11.7 Å². The average Bonchev–Trinajstić information content (AvgIpc) is 3.22. The first-order valence-corrected chi connectivity index (χ1v) is 12.3. The Balaban J connectivity index is 1.62. The topological polar surface area (TPSA) is 123 Å². The highest BCUT2D eigenvalue weighted by atomic mass is 35.5. The van der Waals surface area contributed by atoms with Crippen LogP contribution in [0.15, 0.2) is 40.9 Å². The number of carbonyl (C=O) groups is 3. The van der Waals surface area contributed by atoms with Gasteiger partial charge in [0.05, 0.1) is 17.7 Å². The number of methoxy groups -OCH3 is 1. The third-order valence-electron chi connectivity index (χ3n) is 6.20. The summed E-state index contributed by atoms with van der Waals surface area (Å²) in [5, 5.41) is 9.95. The van der Waals surface area contributed by atoms with Gasteiger partial charge in [-0.2, -0.15) is 0 Å². The Bertz CT molecular complexity index is 1260. The lowest BCUT2D eigenvalue weighted by atomic mass is 9.85. The number of nitrogens with one attached hydrogen (secondary N) is 3. The number of amides is 2. The minimum Gasteiger partial charge on any atom is -0.465 e. The highest BCUT2D eigenvalue weighted by Crippen LogP contribution is 2.34. The van der Waals surface area contributed by atoms with Gasteiger partial charge in [-0.1, -0.05) is 25.4 Å². The van der Waals surface area contributed by atoms with Crippen LogP contribution in [-0.2, 0) is 9.53 Å². The van der Waals surface area contributed by atoms with Gasteiger partial charge in [-0.25, -0.2) is 9.78 Å². The summed E-state index contributed by atoms with van der Waals surface area (Å²) >= 11 is 5.88. The van der Waals surface area contributed by atoms with Crippen LogP contribution >= 0.6 is 11.6 Å². The number of hydrogen-bond donors (Lipinski definition) is 3. The Morgan fingerprint density at radius 1 is 1.08 bits per heavy atom. The van der Waals surface area contributed by atoms with E-state index in [2.05, 4.69) is 34.8 Å². The number of benzene rings is 1. The lowest BCUT2D eigenvalue weighted by molar-refractivity contribution is -0.120. The molecule has 1 saturated carbocycles. The Morgan fingerprint density at radius 3 is 2.47 bits per heavy atom. The third-order valence-corrected chi connectivity index (χ3v) is 6.42. The van der Waals surface area contributed by atoms with Gasteiger partial charge in [0.25, 0.3) is 5.91 Å². The maximum atomic E-state index is 13.3. The van der Waals surface area contributed by atoms with Crippen LogP contribution in [0.3, 0.4) is 0 Å². The van der Waals surface area contributed by atoms with Crippen molar-refractivity contribution in [2.75, 3.05) is 17.7 Å². The van der Waals surface area contributed by atoms with E-state index in [0.29, 0.717) is 28.1 Å². The van der Waals surface area contributed by atoms with Crippen LogP contribution in [0, 0.1) is 5.92 Å². The molecule has 2 amide bonds. The Morgan fingerprint density at radius 2 is 1.83 bits per heavy atom. The van der Waals surface area contributed by atoms with E-state index in [1.54, 1.807) is 24.3 Å². The van der Waals surface area contributed by atoms with Crippen LogP contribution in [0.5, 0.6) is 0 Å². The van der Waals surface area contributed by atoms with Gasteiger partial charge in [-0.15, -0.1) is 0 Å². The molecule has 10 heteroatoms. The third kappa shape index (κ3) is 5.85. The first-order valence-electron chi connectivity index (χ1n) is 11.9. The van der Waals surface area contributed by atoms with E-state index < -0.39 is 11.9 Å². The van der Waals surface area contributed by atoms with Gasteiger partial charge in [0.15, 0.2) is 0 Å². The number of fused-ring (bicyclic) bond motifs is 1. The number of carbonyl (C=O) groups excluding carboxylic acids is 3. The lowest BCUT2D eigenvalue weighted by Crippen LogP contribution is -2.39. The van der Waals surface area contributed by atoms with Crippen LogP contribution in [0.25, 0.3) is 11.0 Å². The highest BCUT2D eigenvalue weighted by Gasteiger charge is 2.30. The van der Waals surface area contributed by atoms with Crippen molar-refractivity contribution in [2.24, 2.45) is 5.92 Å². The SMILES string of the molecule is COC(=O)c1ccc2oc(C(=O)Nc3ccc(Cl)cn3)c(NC(=O)[C@H]3CC[C@H](NC(C)C)CC3)c2c1. The van der Waals surface area contributed by atoms with Crippen LogP contribution in [0.2, 0.25) is 5.02 Å². The molecule has 0 spiro atoms. The number of pyridine rings is 1. The molecule has 1 aliphatic carbocycles. The molecule has 190 valence electrons. The summed E-state index contributed by atoms with van der Waals surface area (Å²) < 4.78 is 10.7. The molecule has 9 nitrogen and oxygen atoms in total. The van der Waals surface area contributed by atoms with Crippen molar-refractivity contribution in [1.29, 1.82) is 0 Å². The second kappa shape index (κ2) is 11.1. The van der Waals surface area contributed by atoms with Gasteiger partial charge >= 0.3 is 5.97 Å². The van der Waals surface area contributed by atoms with Crippen molar-refractivity contribution in [2.45, 2.75) is 51.6 Å². The van der Waals surface area contributed by atoms with E-state index in [0.717, 1.165) is 25.7 Å². The maximum absolute atomic E-state index is 13.3. The summed E-state index contributed by atoms with van der Waals surface area (Å²) in [6.45, 7) is 4.22. The predicted octanol–water partition coefficient (Wildman–Crippen LogP) is 5.02. The first-order chi connectivity index (χ1) is 17.2. The van der Waals surface area contributed by atoms with Crippen molar-refractivity contribution in [3.05, 3.63) is 52.9 Å². The van der Waals surface area contributed by atoms with E-state index >= 15 is 0 Å². The smallest absolute Gasteiger partial charge is 0.337 e. The highest BCUT2D eigenvalue weighted by molar-refractivity contribution is 6.30. The van der Waals surface area contributed by atoms with Crippen LogP contribution < -0.4 is 16.0 Å². The fourth-order valence-corrected chi connectivity index (χ4v) is 4.58. The molecule has 3 N–H and O–H groups in total. The standard InChI is InChI=1S/C26H29ClN4O5/c1-14(2)29-18-8-4-15(5-9-18)24(32)31-22-19-12-16(26(34)35-3)6-10-20(19)36-23(22)25(33)30-21-11-7-17(27)13-28-21/h6-7,10-15,18,29H,4-5,8-9H2,1-3H3,(H,31,32)(H,28,30,33)/t15-,18-. The number of aromatic nitrogens is 1. The number of esters is 1. The van der Waals surface area contributed by atoms with Crippen molar-refractivity contribution >= 4 is 51.9 Å². The summed E-state index contributed by atoms with van der Waals surface area (Å²) in [4.78, 5) is 42.6. The van der Waals surface area contributed by atoms with E-state index in [1.165, 1.54) is 19.4 Å². The number of ether oxygens (including phenoxy) is 1. The number of rotatable bonds is 7. The van der Waals surface area contributed by atoms with Crippen LogP contribution in [0.4, 0.5) is 11.5 Å². The molecule has 0 bridgehead atoms. The number of halogens is 1. The normalized spacial score (nSPS) is 17.7. The maximum Gasteiger partial charge on any atom is 0.337 e. The van der Waals surface area contributed by atoms with Crippen molar-refractivity contribution in [3.8, 4) is 0 Å². The Kier molecular flexibility index (Phi) is 7.91. The summed E-state index contributed by atoms with van der Waals surface area (Å²) in [6.07, 6.45) is 4.66. The Hall–Kier alpha value is -3.43. The molecule has 3 aromatic rings. The molecule has 0 radical (unpaired) electrons. The summed E-state index contributed by atoms with van der Waals surface area (Å²) in [5.41, 5.74) is 0.819. The van der Waals surface area contributed by atoms with E-state index in [-0.39, 0.29) is 34.7 Å². The molecule has 0 aliphatic heterocycles. The molecule has 2 heterocycles. The number of nitrogens with zero attached hydrogens (tertiary/aromatic N) is 1. The summed E-state index contributed by atoms with van der Waals surface area (Å²) in [6, 6.07) is 8.57. The minimum atomic E-state index is -0.596. The van der Waals surface area contributed by atoms with Gasteiger partial charge < -0.3 is 25.1 Å². The average molecular weight is 513 g/mol. The van der Waals surface area contributed by atoms with Crippen LogP contribution in [0.1, 0.15) is 60.4 Å². The predicted molar refractivity (Wildman–Crippen MR) is 137 cm³/mol. The molecule has 2 aromatic heterocycles. The zero-order valence-electron chi connectivity index (χ0n) is 20.4. The molecule has 1 aliphatic rings. The Labute approximate surface area is 213 Å². The lowest BCUT2D eigenvalue weighted by Gasteiger charge is -2.29. The minimum absolute atomic E-state index is 0.0905. The van der Waals surface area contributed by atoms with Crippen molar-refractivity contribution in [3.63, 3.8) is 0 Å². The molecule has 0 saturated heterocycles. The quantitative estimate of drug-likeness (QED) is 0.380. The largest absolute Gasteiger partial charge is 0.465 e. The molecular formula is C26H29ClN4O5. The fraction of sp³-hybridized carbons (Fsp3) is 0.385. The van der Waals surface area contributed by atoms with E-state index in [4.69, 9.17) is 20.8 Å². The van der Waals surface area contributed by atoms with Crippen molar-refractivity contribution in [1.82, 2.24) is 10.3 Å². The second-order valence-corrected chi connectivity index (χ2v) is 9.62. The van der Waals surface area contributed by atoms with Gasteiger partial charge in [0.1, 0.15) is 17.1 Å². The zero-order valence-corrected chi connectivity index (χ0v) is 21.1. The van der Waals surface area contributed by atoms with Gasteiger partial charge in [-0.05, 0) is 56.0 Å². The molecule has 4 rings (SSSR count). The summed E-state index contributed by atoms with van der Waals surface area (Å²) in [7, 11) is 1.28. The molecule has 1 fully saturated rings. The molecule has 0 unspecified atom stereocenters. The number of hydrogen-bond acceptors (Lipinski definition) is 7. The van der Waals surface area contributed by atoms with Crippen molar-refractivity contribution < 1.29 is 23.5 Å². The second-order valence-electron chi connectivity index (χ2n) is 9.18. The van der Waals surface area contributed by atoms with Crippen LogP contribution in [-0.4, -0.2) is 42.0 Å². The van der Waals surface area contributed by atoms with Gasteiger partial charge in [0, 0.05) is 29.6 Å². The monoisotopic (exact) mass is 512 g/mol. The van der Waals surface area contributed by atoms with E-state index in [1.807, 2.05) is 0 Å². The van der Waals surface area contributed by atoms with E-state index in [9.17, 15) is 14.4 Å². The number of anilines is 2. The number of furan rings is 1. The molecule has 1 aromatic carbocycles. The first kappa shape index (κ1) is 25.7. The fourth-order valence-electron chi connectivity index (χ4n) is 4.47. The molecule has 0 atom stereocenters. The molecular weight excluding hydrogens is 484 g/mol.